The van der Waals surface area contributed by atoms with E-state index in [1.807, 2.05) is 6.07 Å². The second-order valence-electron chi connectivity index (χ2n) is 4.72. The van der Waals surface area contributed by atoms with Crippen LogP contribution in [0.25, 0.3) is 0 Å². The van der Waals surface area contributed by atoms with Crippen LogP contribution in [0.15, 0.2) is 0 Å². The number of carbonyl (C=O) groups excluding carboxylic acids is 2. The molecule has 1 atom stereocenters. The Balaban J connectivity index is 2.54. The van der Waals surface area contributed by atoms with Gasteiger partial charge in [-0.3, -0.25) is 9.59 Å². The molecule has 1 fully saturated rings. The van der Waals surface area contributed by atoms with E-state index in [-0.39, 0.29) is 17.9 Å². The summed E-state index contributed by atoms with van der Waals surface area (Å²) >= 11 is 0. The Hall–Kier alpha value is -1.57. The molecule has 0 radical (unpaired) electrons. The molecule has 2 amide bonds. The summed E-state index contributed by atoms with van der Waals surface area (Å²) in [7, 11) is 1.72. The number of piperidine rings is 1. The van der Waals surface area contributed by atoms with Crippen molar-refractivity contribution in [2.24, 2.45) is 5.41 Å². The van der Waals surface area contributed by atoms with Crippen molar-refractivity contribution in [3.8, 4) is 6.07 Å². The first-order chi connectivity index (χ1) is 7.36. The number of hydrogen-bond donors (Lipinski definition) is 1. The Morgan fingerprint density at radius 2 is 2.25 bits per heavy atom. The van der Waals surface area contributed by atoms with Gasteiger partial charge in [-0.25, -0.2) is 0 Å². The number of likely N-dealkylation sites (tertiary alicyclic amines) is 1. The summed E-state index contributed by atoms with van der Waals surface area (Å²) in [5, 5.41) is 11.6. The van der Waals surface area contributed by atoms with E-state index < -0.39 is 5.41 Å². The van der Waals surface area contributed by atoms with Crippen molar-refractivity contribution < 1.29 is 9.59 Å². The highest BCUT2D eigenvalue weighted by molar-refractivity contribution is 5.85. The van der Waals surface area contributed by atoms with Gasteiger partial charge in [-0.15, -0.1) is 0 Å². The molecule has 0 bridgehead atoms. The van der Waals surface area contributed by atoms with Crippen LogP contribution in [-0.4, -0.2) is 36.3 Å². The van der Waals surface area contributed by atoms with Gasteiger partial charge in [-0.05, 0) is 20.3 Å². The Labute approximate surface area is 95.4 Å². The van der Waals surface area contributed by atoms with Crippen molar-refractivity contribution in [3.63, 3.8) is 0 Å². The van der Waals surface area contributed by atoms with Crippen LogP contribution in [-0.2, 0) is 9.59 Å². The molecule has 1 unspecified atom stereocenters. The van der Waals surface area contributed by atoms with Gasteiger partial charge in [0.15, 0.2) is 0 Å². The normalized spacial score (nSPS) is 21.5. The second kappa shape index (κ2) is 4.52. The highest BCUT2D eigenvalue weighted by atomic mass is 16.2. The van der Waals surface area contributed by atoms with Gasteiger partial charge in [0, 0.05) is 26.1 Å². The average Bonchev–Trinajstić information content (AvgIpc) is 2.23. The maximum Gasteiger partial charge on any atom is 0.240 e. The fourth-order valence-corrected chi connectivity index (χ4v) is 1.55. The third-order valence-electron chi connectivity index (χ3n) is 2.81. The zero-order valence-electron chi connectivity index (χ0n) is 9.91. The van der Waals surface area contributed by atoms with Crippen LogP contribution in [0.5, 0.6) is 0 Å². The van der Waals surface area contributed by atoms with Crippen LogP contribution in [0.4, 0.5) is 0 Å². The number of carbonyl (C=O) groups is 2. The van der Waals surface area contributed by atoms with Crippen LogP contribution in [0.3, 0.4) is 0 Å². The first kappa shape index (κ1) is 12.5. The summed E-state index contributed by atoms with van der Waals surface area (Å²) in [5.74, 6) is -0.173. The number of nitrogens with one attached hydrogen (secondary N) is 1. The Bertz CT molecular complexity index is 344. The maximum atomic E-state index is 11.7. The third-order valence-corrected chi connectivity index (χ3v) is 2.81. The molecule has 88 valence electrons. The van der Waals surface area contributed by atoms with E-state index in [0.717, 1.165) is 0 Å². The predicted octanol–water partition coefficient (Wildman–Crippen LogP) is 0.273. The van der Waals surface area contributed by atoms with Gasteiger partial charge in [0.2, 0.25) is 11.8 Å². The molecule has 0 aromatic rings. The van der Waals surface area contributed by atoms with Crippen LogP contribution >= 0.6 is 0 Å². The molecule has 5 nitrogen and oxygen atoms in total. The van der Waals surface area contributed by atoms with Gasteiger partial charge < -0.3 is 10.2 Å². The molecule has 1 saturated heterocycles. The van der Waals surface area contributed by atoms with Crippen LogP contribution in [0.1, 0.15) is 26.7 Å². The van der Waals surface area contributed by atoms with Gasteiger partial charge in [0.05, 0.1) is 6.07 Å². The number of hydrogen-bond acceptors (Lipinski definition) is 3. The van der Waals surface area contributed by atoms with E-state index >= 15 is 0 Å². The average molecular weight is 223 g/mol. The molecule has 0 aliphatic carbocycles. The van der Waals surface area contributed by atoms with Crippen molar-refractivity contribution in [1.29, 1.82) is 5.26 Å². The molecular weight excluding hydrogens is 206 g/mol. The zero-order chi connectivity index (χ0) is 12.3. The summed E-state index contributed by atoms with van der Waals surface area (Å²) < 4.78 is 0. The topological polar surface area (TPSA) is 73.2 Å². The van der Waals surface area contributed by atoms with Crippen molar-refractivity contribution in [1.82, 2.24) is 10.2 Å². The van der Waals surface area contributed by atoms with Gasteiger partial charge in [-0.1, -0.05) is 0 Å². The summed E-state index contributed by atoms with van der Waals surface area (Å²) in [6, 6.07) is 1.92. The first-order valence-electron chi connectivity index (χ1n) is 5.33. The molecule has 0 aromatic carbocycles. The van der Waals surface area contributed by atoms with E-state index in [1.165, 1.54) is 0 Å². The number of nitriles is 1. The van der Waals surface area contributed by atoms with Crippen molar-refractivity contribution in [3.05, 3.63) is 0 Å². The van der Waals surface area contributed by atoms with Crippen molar-refractivity contribution >= 4 is 11.8 Å². The van der Waals surface area contributed by atoms with Gasteiger partial charge in [0.1, 0.15) is 5.41 Å². The number of likely N-dealkylation sites (N-methyl/N-ethyl adjacent to an activating group) is 1. The van der Waals surface area contributed by atoms with Crippen LogP contribution < -0.4 is 5.32 Å². The van der Waals surface area contributed by atoms with Crippen molar-refractivity contribution in [2.45, 2.75) is 32.7 Å². The number of amides is 2. The van der Waals surface area contributed by atoms with Gasteiger partial charge in [-0.2, -0.15) is 5.26 Å². The van der Waals surface area contributed by atoms with E-state index in [9.17, 15) is 9.59 Å². The number of rotatable bonds is 2. The minimum absolute atomic E-state index is 0.0391. The first-order valence-corrected chi connectivity index (χ1v) is 5.33. The number of nitrogens with zero attached hydrogens (tertiary/aromatic N) is 2. The Kier molecular flexibility index (Phi) is 3.53. The van der Waals surface area contributed by atoms with E-state index in [0.29, 0.717) is 19.4 Å². The molecular formula is C11H17N3O2. The molecule has 0 saturated carbocycles. The standard InChI is InChI=1S/C11H17N3O2/c1-11(2,7-12)10(16)13-8-4-5-9(15)14(3)6-8/h8H,4-6H2,1-3H3,(H,13,16). The lowest BCUT2D eigenvalue weighted by atomic mass is 9.93. The van der Waals surface area contributed by atoms with Gasteiger partial charge >= 0.3 is 0 Å². The quantitative estimate of drug-likeness (QED) is 0.730. The van der Waals surface area contributed by atoms with E-state index in [4.69, 9.17) is 5.26 Å². The minimum atomic E-state index is -1.01. The SMILES string of the molecule is CN1CC(NC(=O)C(C)(C)C#N)CCC1=O. The molecule has 5 heteroatoms. The largest absolute Gasteiger partial charge is 0.350 e. The smallest absolute Gasteiger partial charge is 0.240 e. The molecule has 1 heterocycles. The fourth-order valence-electron chi connectivity index (χ4n) is 1.55. The highest BCUT2D eigenvalue weighted by Crippen LogP contribution is 2.15. The molecule has 1 aliphatic rings. The Morgan fingerprint density at radius 1 is 1.62 bits per heavy atom. The minimum Gasteiger partial charge on any atom is -0.350 e. The molecule has 16 heavy (non-hydrogen) atoms. The Morgan fingerprint density at radius 3 is 2.75 bits per heavy atom. The summed E-state index contributed by atoms with van der Waals surface area (Å²) in [6.07, 6.45) is 1.10. The van der Waals surface area contributed by atoms with E-state index in [1.54, 1.807) is 25.8 Å². The van der Waals surface area contributed by atoms with E-state index in [2.05, 4.69) is 5.32 Å². The second-order valence-corrected chi connectivity index (χ2v) is 4.72. The molecule has 0 spiro atoms. The molecule has 1 rings (SSSR count). The maximum absolute atomic E-state index is 11.7. The predicted molar refractivity (Wildman–Crippen MR) is 58.2 cm³/mol. The summed E-state index contributed by atoms with van der Waals surface area (Å²) in [6.45, 7) is 3.69. The summed E-state index contributed by atoms with van der Waals surface area (Å²) in [5.41, 5.74) is -1.01. The molecule has 0 aromatic heterocycles. The molecule has 1 aliphatic heterocycles. The monoisotopic (exact) mass is 223 g/mol. The van der Waals surface area contributed by atoms with Crippen LogP contribution in [0, 0.1) is 16.7 Å². The lowest BCUT2D eigenvalue weighted by Crippen LogP contribution is -2.51. The molecule has 1 N–H and O–H groups in total. The van der Waals surface area contributed by atoms with Gasteiger partial charge in [0.25, 0.3) is 0 Å². The zero-order valence-corrected chi connectivity index (χ0v) is 9.91. The fraction of sp³-hybridized carbons (Fsp3) is 0.727. The third kappa shape index (κ3) is 2.72. The van der Waals surface area contributed by atoms with Crippen LogP contribution in [0.2, 0.25) is 0 Å². The van der Waals surface area contributed by atoms with Crippen molar-refractivity contribution in [2.75, 3.05) is 13.6 Å². The lowest BCUT2D eigenvalue weighted by molar-refractivity contribution is -0.135. The highest BCUT2D eigenvalue weighted by Gasteiger charge is 2.31. The lowest BCUT2D eigenvalue weighted by Gasteiger charge is -2.31. The summed E-state index contributed by atoms with van der Waals surface area (Å²) in [4.78, 5) is 24.6.